The highest BCUT2D eigenvalue weighted by atomic mass is 35.5. The number of nitrogens with two attached hydrogens (primary N) is 1. The molecule has 0 aromatic carbocycles. The molecule has 0 atom stereocenters. The molecule has 0 unspecified atom stereocenters. The lowest BCUT2D eigenvalue weighted by Gasteiger charge is -2.29. The van der Waals surface area contributed by atoms with Crippen LogP contribution in [0.4, 0.5) is 11.5 Å². The topological polar surface area (TPSA) is 63.8 Å². The van der Waals surface area contributed by atoms with Crippen LogP contribution in [0.1, 0.15) is 27.7 Å². The molecule has 0 aliphatic heterocycles. The van der Waals surface area contributed by atoms with Gasteiger partial charge < -0.3 is 11.1 Å². The van der Waals surface area contributed by atoms with E-state index < -0.39 is 0 Å². The standard InChI is InChI=1S/C11H19ClN4/c1-7(2)11(3,4)5-14-10-8(13)9(12)15-6-16-10/h6-7H,5,13H2,1-4H3,(H,14,15,16). The number of hydrogen-bond acceptors (Lipinski definition) is 4. The molecule has 1 heterocycles. The predicted octanol–water partition coefficient (Wildman–Crippen LogP) is 2.81. The van der Waals surface area contributed by atoms with Gasteiger partial charge in [0, 0.05) is 6.54 Å². The van der Waals surface area contributed by atoms with Crippen LogP contribution >= 0.6 is 11.6 Å². The van der Waals surface area contributed by atoms with E-state index in [1.54, 1.807) is 0 Å². The summed E-state index contributed by atoms with van der Waals surface area (Å²) < 4.78 is 0. The van der Waals surface area contributed by atoms with E-state index in [1.165, 1.54) is 6.33 Å². The van der Waals surface area contributed by atoms with E-state index in [1.807, 2.05) is 0 Å². The summed E-state index contributed by atoms with van der Waals surface area (Å²) in [5.41, 5.74) is 6.35. The second-order valence-electron chi connectivity index (χ2n) is 4.92. The van der Waals surface area contributed by atoms with E-state index in [9.17, 15) is 0 Å². The van der Waals surface area contributed by atoms with E-state index in [0.717, 1.165) is 6.54 Å². The van der Waals surface area contributed by atoms with Crippen molar-refractivity contribution in [3.8, 4) is 0 Å². The first-order valence-corrected chi connectivity index (χ1v) is 5.72. The Kier molecular flexibility index (Phi) is 3.97. The second-order valence-corrected chi connectivity index (χ2v) is 5.28. The van der Waals surface area contributed by atoms with Crippen LogP contribution in [0.3, 0.4) is 0 Å². The Morgan fingerprint density at radius 1 is 1.44 bits per heavy atom. The van der Waals surface area contributed by atoms with Crippen LogP contribution in [-0.4, -0.2) is 16.5 Å². The Hall–Kier alpha value is -1.03. The average Bonchev–Trinajstić information content (AvgIpc) is 2.20. The number of aromatic nitrogens is 2. The molecule has 0 aliphatic carbocycles. The highest BCUT2D eigenvalue weighted by molar-refractivity contribution is 6.32. The van der Waals surface area contributed by atoms with Crippen LogP contribution in [0.25, 0.3) is 0 Å². The van der Waals surface area contributed by atoms with Crippen molar-refractivity contribution < 1.29 is 0 Å². The molecule has 1 rings (SSSR count). The van der Waals surface area contributed by atoms with Crippen LogP contribution in [0.5, 0.6) is 0 Å². The second kappa shape index (κ2) is 4.87. The molecule has 4 nitrogen and oxygen atoms in total. The summed E-state index contributed by atoms with van der Waals surface area (Å²) in [7, 11) is 0. The van der Waals surface area contributed by atoms with Crippen LogP contribution in [0.15, 0.2) is 6.33 Å². The van der Waals surface area contributed by atoms with E-state index in [2.05, 4.69) is 43.0 Å². The molecule has 5 heteroatoms. The van der Waals surface area contributed by atoms with Crippen molar-refractivity contribution >= 4 is 23.1 Å². The van der Waals surface area contributed by atoms with Gasteiger partial charge in [-0.3, -0.25) is 0 Å². The number of nitrogen functional groups attached to an aromatic ring is 1. The van der Waals surface area contributed by atoms with Crippen molar-refractivity contribution in [2.75, 3.05) is 17.6 Å². The maximum absolute atomic E-state index is 5.81. The minimum absolute atomic E-state index is 0.171. The Labute approximate surface area is 102 Å². The van der Waals surface area contributed by atoms with Gasteiger partial charge in [0.25, 0.3) is 0 Å². The maximum Gasteiger partial charge on any atom is 0.157 e. The summed E-state index contributed by atoms with van der Waals surface area (Å²) in [5, 5.41) is 3.51. The SMILES string of the molecule is CC(C)C(C)(C)CNc1ncnc(Cl)c1N. The molecule has 0 bridgehead atoms. The van der Waals surface area contributed by atoms with Crippen molar-refractivity contribution in [3.63, 3.8) is 0 Å². The fourth-order valence-electron chi connectivity index (χ4n) is 1.03. The number of anilines is 2. The number of nitrogens with zero attached hydrogens (tertiary/aromatic N) is 2. The molecule has 0 saturated carbocycles. The van der Waals surface area contributed by atoms with Crippen molar-refractivity contribution in [1.29, 1.82) is 0 Å². The van der Waals surface area contributed by atoms with Gasteiger partial charge in [0.2, 0.25) is 0 Å². The van der Waals surface area contributed by atoms with Gasteiger partial charge in [-0.15, -0.1) is 0 Å². The zero-order chi connectivity index (χ0) is 12.3. The first-order valence-electron chi connectivity index (χ1n) is 5.34. The maximum atomic E-state index is 5.81. The fraction of sp³-hybridized carbons (Fsp3) is 0.636. The van der Waals surface area contributed by atoms with Gasteiger partial charge in [0.15, 0.2) is 11.0 Å². The third-order valence-electron chi connectivity index (χ3n) is 3.11. The molecule has 0 aliphatic rings. The molecule has 0 radical (unpaired) electrons. The monoisotopic (exact) mass is 242 g/mol. The van der Waals surface area contributed by atoms with Gasteiger partial charge in [-0.05, 0) is 11.3 Å². The number of nitrogens with one attached hydrogen (secondary N) is 1. The lowest BCUT2D eigenvalue weighted by Crippen LogP contribution is -2.29. The molecule has 0 fully saturated rings. The van der Waals surface area contributed by atoms with Crippen molar-refractivity contribution in [1.82, 2.24) is 9.97 Å². The minimum atomic E-state index is 0.171. The third kappa shape index (κ3) is 2.98. The molecule has 0 spiro atoms. The van der Waals surface area contributed by atoms with Gasteiger partial charge in [0.1, 0.15) is 12.0 Å². The summed E-state index contributed by atoms with van der Waals surface area (Å²) in [6.45, 7) is 9.57. The molecule has 3 N–H and O–H groups in total. The Bertz CT molecular complexity index is 363. The molecule has 90 valence electrons. The van der Waals surface area contributed by atoms with Crippen molar-refractivity contribution in [2.45, 2.75) is 27.7 Å². The molecular weight excluding hydrogens is 224 g/mol. The first kappa shape index (κ1) is 13.0. The van der Waals surface area contributed by atoms with Crippen LogP contribution in [0, 0.1) is 11.3 Å². The summed E-state index contributed by atoms with van der Waals surface area (Å²) in [6.07, 6.45) is 1.41. The Morgan fingerprint density at radius 2 is 2.06 bits per heavy atom. The van der Waals surface area contributed by atoms with Crippen molar-refractivity contribution in [3.05, 3.63) is 11.5 Å². The average molecular weight is 243 g/mol. The van der Waals surface area contributed by atoms with Gasteiger partial charge >= 0.3 is 0 Å². The number of halogens is 1. The highest BCUT2D eigenvalue weighted by Crippen LogP contribution is 2.28. The van der Waals surface area contributed by atoms with Crippen LogP contribution in [-0.2, 0) is 0 Å². The Morgan fingerprint density at radius 3 is 2.62 bits per heavy atom. The lowest BCUT2D eigenvalue weighted by atomic mass is 9.81. The third-order valence-corrected chi connectivity index (χ3v) is 3.41. The molecule has 1 aromatic rings. The van der Waals surface area contributed by atoms with E-state index in [-0.39, 0.29) is 5.41 Å². The first-order chi connectivity index (χ1) is 7.34. The molecule has 1 aromatic heterocycles. The number of hydrogen-bond donors (Lipinski definition) is 2. The van der Waals surface area contributed by atoms with Gasteiger partial charge in [-0.1, -0.05) is 39.3 Å². The summed E-state index contributed by atoms with van der Waals surface area (Å²) >= 11 is 5.81. The van der Waals surface area contributed by atoms with E-state index >= 15 is 0 Å². The summed E-state index contributed by atoms with van der Waals surface area (Å²) in [6, 6.07) is 0. The van der Waals surface area contributed by atoms with E-state index in [0.29, 0.717) is 22.6 Å². The van der Waals surface area contributed by atoms with Gasteiger partial charge in [-0.2, -0.15) is 0 Å². The van der Waals surface area contributed by atoms with Gasteiger partial charge in [-0.25, -0.2) is 9.97 Å². The lowest BCUT2D eigenvalue weighted by molar-refractivity contribution is 0.269. The van der Waals surface area contributed by atoms with Crippen molar-refractivity contribution in [2.24, 2.45) is 11.3 Å². The molecule has 0 amide bonds. The van der Waals surface area contributed by atoms with Gasteiger partial charge in [0.05, 0.1) is 0 Å². The predicted molar refractivity (Wildman–Crippen MR) is 68.6 cm³/mol. The molecule has 16 heavy (non-hydrogen) atoms. The smallest absolute Gasteiger partial charge is 0.157 e. The Balaban J connectivity index is 2.72. The largest absolute Gasteiger partial charge is 0.393 e. The zero-order valence-electron chi connectivity index (χ0n) is 10.2. The number of rotatable bonds is 4. The minimum Gasteiger partial charge on any atom is -0.393 e. The molecule has 0 saturated heterocycles. The quantitative estimate of drug-likeness (QED) is 0.797. The van der Waals surface area contributed by atoms with Crippen LogP contribution in [0.2, 0.25) is 5.15 Å². The summed E-state index contributed by atoms with van der Waals surface area (Å²) in [4.78, 5) is 7.88. The normalized spacial score (nSPS) is 11.9. The van der Waals surface area contributed by atoms with E-state index in [4.69, 9.17) is 17.3 Å². The van der Waals surface area contributed by atoms with Crippen LogP contribution < -0.4 is 11.1 Å². The highest BCUT2D eigenvalue weighted by Gasteiger charge is 2.22. The fourth-order valence-corrected chi connectivity index (χ4v) is 1.16. The molecular formula is C11H19ClN4. The summed E-state index contributed by atoms with van der Waals surface area (Å²) in [5.74, 6) is 1.17. The zero-order valence-corrected chi connectivity index (χ0v) is 11.0.